The summed E-state index contributed by atoms with van der Waals surface area (Å²) < 4.78 is 23.9. The molecule has 4 atom stereocenters. The fraction of sp³-hybridized carbons (Fsp3) is 0.333. The molecule has 0 radical (unpaired) electrons. The first-order chi connectivity index (χ1) is 19.1. The molecule has 0 spiro atoms. The van der Waals surface area contributed by atoms with Gasteiger partial charge in [0.15, 0.2) is 0 Å². The molecule has 6 heterocycles. The van der Waals surface area contributed by atoms with Gasteiger partial charge in [0, 0.05) is 12.2 Å². The Bertz CT molecular complexity index is 1440. The fourth-order valence-corrected chi connectivity index (χ4v) is 5.22. The van der Waals surface area contributed by atoms with Crippen LogP contribution in [0.5, 0.6) is 0 Å². The Labute approximate surface area is 235 Å². The van der Waals surface area contributed by atoms with Gasteiger partial charge in [0.25, 0.3) is 0 Å². The third kappa shape index (κ3) is 5.66. The third-order valence-electron chi connectivity index (χ3n) is 7.11. The zero-order valence-corrected chi connectivity index (χ0v) is 23.3. The summed E-state index contributed by atoms with van der Waals surface area (Å²) in [5, 5.41) is 0. The van der Waals surface area contributed by atoms with E-state index in [2.05, 4.69) is 14.2 Å². The van der Waals surface area contributed by atoms with Gasteiger partial charge in [-0.2, -0.15) is 0 Å². The van der Waals surface area contributed by atoms with Crippen molar-refractivity contribution < 1.29 is 52.1 Å². The lowest BCUT2D eigenvalue weighted by atomic mass is 9.73. The minimum absolute atomic E-state index is 0.421. The molecule has 4 unspecified atom stereocenters. The summed E-state index contributed by atoms with van der Waals surface area (Å²) in [5.74, 6) is -2.05. The van der Waals surface area contributed by atoms with Crippen LogP contribution in [0.2, 0.25) is 0 Å². The maximum atomic E-state index is 11.4. The number of fused-ring (bicyclic) bond motifs is 6. The van der Waals surface area contributed by atoms with Crippen LogP contribution in [-0.2, 0) is 38.1 Å². The minimum atomic E-state index is -0.650. The topological polar surface area (TPSA) is 152 Å². The second-order valence-electron chi connectivity index (χ2n) is 10.4. The number of rotatable bonds is 0. The van der Waals surface area contributed by atoms with Crippen molar-refractivity contribution in [3.63, 3.8) is 0 Å². The molecule has 2 bridgehead atoms. The first kappa shape index (κ1) is 29.3. The highest BCUT2D eigenvalue weighted by Crippen LogP contribution is 2.56. The molecule has 1 aromatic heterocycles. The number of carbonyl (C=O) groups is 6. The average Bonchev–Trinajstić information content (AvgIpc) is 3.70. The van der Waals surface area contributed by atoms with Crippen molar-refractivity contribution in [3.05, 3.63) is 82.3 Å². The number of aryl methyl sites for hydroxylation is 4. The summed E-state index contributed by atoms with van der Waals surface area (Å²) in [4.78, 5) is 65.2. The zero-order valence-electron chi connectivity index (χ0n) is 23.3. The Kier molecular flexibility index (Phi) is 7.68. The molecule has 7 rings (SSSR count). The third-order valence-corrected chi connectivity index (χ3v) is 7.11. The highest BCUT2D eigenvalue weighted by Gasteiger charge is 2.69. The molecule has 0 N–H and O–H groups in total. The number of benzene rings is 1. The highest BCUT2D eigenvalue weighted by molar-refractivity contribution is 6.16. The molecule has 0 aliphatic carbocycles. The molecule has 0 saturated carbocycles. The zero-order chi connectivity index (χ0) is 30.3. The van der Waals surface area contributed by atoms with Crippen LogP contribution in [0, 0.1) is 39.5 Å². The molecular weight excluding hydrogens is 536 g/mol. The molecule has 0 amide bonds. The van der Waals surface area contributed by atoms with Gasteiger partial charge in [0.1, 0.15) is 23.4 Å². The van der Waals surface area contributed by atoms with Crippen molar-refractivity contribution in [3.8, 4) is 0 Å². The van der Waals surface area contributed by atoms with Crippen LogP contribution < -0.4 is 0 Å². The number of hydrogen-bond donors (Lipinski definition) is 0. The maximum absolute atomic E-state index is 11.4. The second kappa shape index (κ2) is 10.7. The van der Waals surface area contributed by atoms with Gasteiger partial charge in [0.05, 0.1) is 22.3 Å². The molecule has 41 heavy (non-hydrogen) atoms. The molecule has 2 fully saturated rings. The van der Waals surface area contributed by atoms with E-state index in [-0.39, 0.29) is 0 Å². The van der Waals surface area contributed by atoms with Crippen LogP contribution >= 0.6 is 0 Å². The summed E-state index contributed by atoms with van der Waals surface area (Å²) in [6.07, 6.45) is 5.88. The summed E-state index contributed by atoms with van der Waals surface area (Å²) in [5.41, 5.74) is 1.12. The van der Waals surface area contributed by atoms with Crippen LogP contribution in [0.3, 0.4) is 0 Å². The number of ether oxygens (including phenoxy) is 4. The lowest BCUT2D eigenvalue weighted by Crippen LogP contribution is -2.36. The summed E-state index contributed by atoms with van der Waals surface area (Å²) in [6.45, 7) is 11.1. The Morgan fingerprint density at radius 2 is 1.00 bits per heavy atom. The highest BCUT2D eigenvalue weighted by atomic mass is 16.6. The Balaban J connectivity index is 0.000000132. The van der Waals surface area contributed by atoms with Gasteiger partial charge in [0.2, 0.25) is 0 Å². The molecule has 5 aliphatic heterocycles. The van der Waals surface area contributed by atoms with Crippen molar-refractivity contribution in [2.45, 2.75) is 52.7 Å². The van der Waals surface area contributed by atoms with Crippen molar-refractivity contribution in [2.24, 2.45) is 11.8 Å². The molecule has 2 saturated heterocycles. The standard InChI is InChI=1S/C10H10O4.C10H8O3.C6H8O.C4H2O3/c1-9-3-4-10(2,14-9)6-5(9)7(11)13-8(6)12;1-5-3-4-6(2)8-7(5)9(11)13-10(8)12;1-5-3-4-6(2)7-5;5-3-1-2-4(6)7-3/h3-6H,1-2H3;3-4H,1-2H3;3-4H,1-2H3;1-2H. The van der Waals surface area contributed by atoms with Crippen LogP contribution in [0.15, 0.2) is 53.0 Å². The van der Waals surface area contributed by atoms with E-state index in [0.717, 1.165) is 34.8 Å². The number of furan rings is 1. The lowest BCUT2D eigenvalue weighted by molar-refractivity contribution is -0.160. The Morgan fingerprint density at radius 1 is 0.585 bits per heavy atom. The number of hydrogen-bond acceptors (Lipinski definition) is 11. The van der Waals surface area contributed by atoms with E-state index in [9.17, 15) is 28.8 Å². The number of esters is 6. The average molecular weight is 565 g/mol. The fourth-order valence-electron chi connectivity index (χ4n) is 5.22. The summed E-state index contributed by atoms with van der Waals surface area (Å²) >= 11 is 0. The van der Waals surface area contributed by atoms with Gasteiger partial charge in [-0.25, -0.2) is 19.2 Å². The van der Waals surface area contributed by atoms with Crippen molar-refractivity contribution in [1.82, 2.24) is 0 Å². The quantitative estimate of drug-likeness (QED) is 0.200. The number of cyclic esters (lactones) is 6. The van der Waals surface area contributed by atoms with Crippen molar-refractivity contribution in [1.29, 1.82) is 0 Å². The molecule has 5 aliphatic rings. The molecular formula is C30H28O11. The van der Waals surface area contributed by atoms with Gasteiger partial charge in [-0.1, -0.05) is 24.3 Å². The molecule has 11 nitrogen and oxygen atoms in total. The first-order valence-electron chi connectivity index (χ1n) is 12.6. The maximum Gasteiger partial charge on any atom is 0.347 e. The van der Waals surface area contributed by atoms with Crippen LogP contribution in [0.25, 0.3) is 0 Å². The van der Waals surface area contributed by atoms with Gasteiger partial charge in [-0.15, -0.1) is 0 Å². The van der Waals surface area contributed by atoms with Crippen LogP contribution in [0.4, 0.5) is 0 Å². The van der Waals surface area contributed by atoms with E-state index >= 15 is 0 Å². The van der Waals surface area contributed by atoms with Crippen LogP contribution in [-0.4, -0.2) is 47.0 Å². The van der Waals surface area contributed by atoms with Crippen LogP contribution in [0.1, 0.15) is 57.2 Å². The molecule has 11 heteroatoms. The molecule has 1 aromatic carbocycles. The normalized spacial score (nSPS) is 27.6. The molecule has 214 valence electrons. The predicted molar refractivity (Wildman–Crippen MR) is 139 cm³/mol. The largest absolute Gasteiger partial charge is 0.467 e. The van der Waals surface area contributed by atoms with Gasteiger partial charge in [-0.05, 0) is 64.8 Å². The van der Waals surface area contributed by atoms with E-state index in [4.69, 9.17) is 9.15 Å². The summed E-state index contributed by atoms with van der Waals surface area (Å²) in [6, 6.07) is 7.53. The second-order valence-corrected chi connectivity index (χ2v) is 10.4. The van der Waals surface area contributed by atoms with Crippen molar-refractivity contribution in [2.75, 3.05) is 0 Å². The summed E-state index contributed by atoms with van der Waals surface area (Å²) in [7, 11) is 0. The Hall–Kier alpha value is -4.64. The van der Waals surface area contributed by atoms with E-state index in [0.29, 0.717) is 11.1 Å². The van der Waals surface area contributed by atoms with Gasteiger partial charge < -0.3 is 23.4 Å². The van der Waals surface area contributed by atoms with Gasteiger partial charge in [-0.3, -0.25) is 9.59 Å². The SMILES string of the molecule is CC12C=CC(C)(O1)C1C(=O)OC(=O)C12.Cc1ccc(C)c2c1C(=O)OC2=O.Cc1ccc(C)o1.O=C1C=CC(=O)O1. The van der Waals surface area contributed by atoms with E-state index < -0.39 is 58.9 Å². The van der Waals surface area contributed by atoms with E-state index in [1.54, 1.807) is 13.8 Å². The van der Waals surface area contributed by atoms with E-state index in [1.807, 2.05) is 64.1 Å². The smallest absolute Gasteiger partial charge is 0.347 e. The monoisotopic (exact) mass is 564 g/mol. The lowest BCUT2D eigenvalue weighted by Gasteiger charge is -2.20. The molecule has 2 aromatic rings. The van der Waals surface area contributed by atoms with Crippen molar-refractivity contribution >= 4 is 35.8 Å². The van der Waals surface area contributed by atoms with Gasteiger partial charge >= 0.3 is 35.8 Å². The Morgan fingerprint density at radius 3 is 1.32 bits per heavy atom. The minimum Gasteiger partial charge on any atom is -0.467 e. The number of carbonyl (C=O) groups excluding carboxylic acids is 6. The first-order valence-corrected chi connectivity index (χ1v) is 12.6. The van der Waals surface area contributed by atoms with E-state index in [1.165, 1.54) is 0 Å². The predicted octanol–water partition coefficient (Wildman–Crippen LogP) is 3.56.